The monoisotopic (exact) mass is 401 g/mol. The molecule has 0 saturated carbocycles. The molecule has 7 nitrogen and oxygen atoms in total. The Bertz CT molecular complexity index is 1060. The summed E-state index contributed by atoms with van der Waals surface area (Å²) in [5.41, 5.74) is 3.73. The lowest BCUT2D eigenvalue weighted by Gasteiger charge is -2.05. The molecule has 2 aromatic heterocycles. The van der Waals surface area contributed by atoms with Crippen molar-refractivity contribution in [3.63, 3.8) is 0 Å². The molecule has 1 aromatic carbocycles. The second-order valence-electron chi connectivity index (χ2n) is 6.41. The van der Waals surface area contributed by atoms with Crippen molar-refractivity contribution in [3.05, 3.63) is 46.3 Å². The van der Waals surface area contributed by atoms with Crippen molar-refractivity contribution in [3.8, 4) is 11.3 Å². The Balaban J connectivity index is 1.72. The summed E-state index contributed by atoms with van der Waals surface area (Å²) in [6.45, 7) is 5.14. The lowest BCUT2D eigenvalue weighted by atomic mass is 10.1. The number of halogens is 1. The van der Waals surface area contributed by atoms with E-state index in [1.807, 2.05) is 20.9 Å². The number of rotatable bonds is 5. The summed E-state index contributed by atoms with van der Waals surface area (Å²) in [5, 5.41) is 11.7. The van der Waals surface area contributed by atoms with Crippen molar-refractivity contribution < 1.29 is 14.0 Å². The van der Waals surface area contributed by atoms with E-state index in [1.165, 1.54) is 24.3 Å². The number of hydrogen-bond donors (Lipinski definition) is 2. The molecule has 0 radical (unpaired) electrons. The smallest absolute Gasteiger partial charge is 0.230 e. The van der Waals surface area contributed by atoms with Crippen LogP contribution in [0, 0.1) is 19.7 Å². The van der Waals surface area contributed by atoms with Gasteiger partial charge in [-0.2, -0.15) is 5.10 Å². The van der Waals surface area contributed by atoms with Crippen molar-refractivity contribution in [2.75, 3.05) is 10.6 Å². The van der Waals surface area contributed by atoms with E-state index in [9.17, 15) is 14.0 Å². The highest BCUT2D eigenvalue weighted by Gasteiger charge is 2.16. The number of aryl methyl sites for hydroxylation is 2. The molecule has 0 unspecified atom stereocenters. The molecule has 146 valence electrons. The Kier molecular flexibility index (Phi) is 5.55. The third kappa shape index (κ3) is 4.25. The maximum atomic E-state index is 14.4. The van der Waals surface area contributed by atoms with Crippen LogP contribution < -0.4 is 10.6 Å². The molecule has 3 aromatic rings. The Hall–Kier alpha value is -3.07. The fraction of sp³-hybridized carbons (Fsp3) is 0.263. The molecular weight excluding hydrogens is 381 g/mol. The summed E-state index contributed by atoms with van der Waals surface area (Å²) in [4.78, 5) is 27.7. The van der Waals surface area contributed by atoms with Crippen LogP contribution in [0.3, 0.4) is 0 Å². The minimum atomic E-state index is -0.504. The largest absolute Gasteiger partial charge is 0.326 e. The van der Waals surface area contributed by atoms with Crippen molar-refractivity contribution in [2.45, 2.75) is 27.2 Å². The average Bonchev–Trinajstić information content (AvgIpc) is 3.14. The second-order valence-corrected chi connectivity index (χ2v) is 7.27. The van der Waals surface area contributed by atoms with Gasteiger partial charge in [-0.3, -0.25) is 14.3 Å². The number of benzene rings is 1. The van der Waals surface area contributed by atoms with Crippen molar-refractivity contribution in [1.82, 2.24) is 14.8 Å². The first-order valence-corrected chi connectivity index (χ1v) is 9.44. The van der Waals surface area contributed by atoms with Gasteiger partial charge in [0.15, 0.2) is 5.13 Å². The third-order valence-electron chi connectivity index (χ3n) is 4.31. The van der Waals surface area contributed by atoms with Crippen LogP contribution in [0.1, 0.15) is 23.9 Å². The molecule has 0 aliphatic rings. The van der Waals surface area contributed by atoms with Gasteiger partial charge in [0.1, 0.15) is 5.82 Å². The minimum absolute atomic E-state index is 0.195. The van der Waals surface area contributed by atoms with E-state index >= 15 is 0 Å². The lowest BCUT2D eigenvalue weighted by Crippen LogP contribution is -2.15. The zero-order chi connectivity index (χ0) is 20.4. The van der Waals surface area contributed by atoms with Crippen LogP contribution >= 0.6 is 11.3 Å². The molecule has 2 heterocycles. The fourth-order valence-electron chi connectivity index (χ4n) is 2.86. The summed E-state index contributed by atoms with van der Waals surface area (Å²) < 4.78 is 16.1. The van der Waals surface area contributed by atoms with Gasteiger partial charge < -0.3 is 10.6 Å². The zero-order valence-electron chi connectivity index (χ0n) is 16.0. The molecular formula is C19H20FN5O2S. The van der Waals surface area contributed by atoms with Gasteiger partial charge in [-0.15, -0.1) is 11.3 Å². The number of aromatic nitrogens is 3. The highest BCUT2D eigenvalue weighted by molar-refractivity contribution is 7.14. The maximum Gasteiger partial charge on any atom is 0.230 e. The average molecular weight is 401 g/mol. The molecule has 9 heteroatoms. The van der Waals surface area contributed by atoms with E-state index in [-0.39, 0.29) is 18.2 Å². The number of nitrogens with zero attached hydrogens (tertiary/aromatic N) is 3. The molecule has 3 rings (SSSR count). The number of hydrogen-bond acceptors (Lipinski definition) is 5. The van der Waals surface area contributed by atoms with Crippen LogP contribution in [0.4, 0.5) is 15.2 Å². The number of anilines is 2. The molecule has 2 amide bonds. The van der Waals surface area contributed by atoms with E-state index in [1.54, 1.807) is 22.2 Å². The summed E-state index contributed by atoms with van der Waals surface area (Å²) in [6, 6.07) is 4.39. The zero-order valence-corrected chi connectivity index (χ0v) is 16.8. The first kappa shape index (κ1) is 19.7. The highest BCUT2D eigenvalue weighted by Crippen LogP contribution is 2.29. The van der Waals surface area contributed by atoms with Crippen molar-refractivity contribution in [1.29, 1.82) is 0 Å². The van der Waals surface area contributed by atoms with Crippen LogP contribution in [-0.2, 0) is 23.1 Å². The van der Waals surface area contributed by atoms with Crippen LogP contribution in [0.15, 0.2) is 23.6 Å². The van der Waals surface area contributed by atoms with E-state index in [0.29, 0.717) is 22.1 Å². The van der Waals surface area contributed by atoms with E-state index in [4.69, 9.17) is 0 Å². The molecule has 2 N–H and O–H groups in total. The summed E-state index contributed by atoms with van der Waals surface area (Å²) in [5.74, 6) is -0.984. The van der Waals surface area contributed by atoms with Gasteiger partial charge in [-0.1, -0.05) is 0 Å². The molecule has 28 heavy (non-hydrogen) atoms. The van der Waals surface area contributed by atoms with Crippen LogP contribution in [-0.4, -0.2) is 26.6 Å². The number of thiazole rings is 1. The summed E-state index contributed by atoms with van der Waals surface area (Å²) in [7, 11) is 1.84. The highest BCUT2D eigenvalue weighted by atomic mass is 32.1. The van der Waals surface area contributed by atoms with Crippen molar-refractivity contribution in [2.24, 2.45) is 7.05 Å². The standard InChI is InChI=1S/C19H20FN5O2S/c1-10-15(11(2)25(4)24-10)8-18(27)23-19-22-17(9-28-19)14-6-5-13(7-16(14)20)21-12(3)26/h5-7,9H,8H2,1-4H3,(H,21,26)(H,22,23,27). The van der Waals surface area contributed by atoms with Crippen LogP contribution in [0.2, 0.25) is 0 Å². The lowest BCUT2D eigenvalue weighted by molar-refractivity contribution is -0.116. The number of nitrogens with one attached hydrogen (secondary N) is 2. The van der Waals surface area contributed by atoms with Gasteiger partial charge in [0, 0.05) is 41.9 Å². The van der Waals surface area contributed by atoms with Crippen LogP contribution in [0.5, 0.6) is 0 Å². The first-order valence-electron chi connectivity index (χ1n) is 8.56. The van der Waals surface area contributed by atoms with Gasteiger partial charge in [0.25, 0.3) is 0 Å². The summed E-state index contributed by atoms with van der Waals surface area (Å²) in [6.07, 6.45) is 0.195. The number of carbonyl (C=O) groups is 2. The predicted molar refractivity (Wildman–Crippen MR) is 107 cm³/mol. The Morgan fingerprint density at radius 2 is 2.00 bits per heavy atom. The topological polar surface area (TPSA) is 88.9 Å². The van der Waals surface area contributed by atoms with Gasteiger partial charge in [-0.05, 0) is 32.0 Å². The van der Waals surface area contributed by atoms with E-state index in [0.717, 1.165) is 17.0 Å². The third-order valence-corrected chi connectivity index (χ3v) is 5.07. The van der Waals surface area contributed by atoms with Gasteiger partial charge in [0.05, 0.1) is 17.8 Å². The minimum Gasteiger partial charge on any atom is -0.326 e. The second kappa shape index (κ2) is 7.89. The number of amides is 2. The quantitative estimate of drug-likeness (QED) is 0.685. The van der Waals surface area contributed by atoms with Crippen LogP contribution in [0.25, 0.3) is 11.3 Å². The van der Waals surface area contributed by atoms with E-state index in [2.05, 4.69) is 20.7 Å². The molecule has 0 aliphatic heterocycles. The predicted octanol–water partition coefficient (Wildman–Crippen LogP) is 3.44. The van der Waals surface area contributed by atoms with Gasteiger partial charge in [-0.25, -0.2) is 9.37 Å². The molecule has 0 spiro atoms. The van der Waals surface area contributed by atoms with E-state index < -0.39 is 5.82 Å². The maximum absolute atomic E-state index is 14.4. The van der Waals surface area contributed by atoms with Gasteiger partial charge >= 0.3 is 0 Å². The Labute approximate surface area is 165 Å². The summed E-state index contributed by atoms with van der Waals surface area (Å²) >= 11 is 1.22. The van der Waals surface area contributed by atoms with Crippen molar-refractivity contribution >= 4 is 34.0 Å². The molecule has 0 bridgehead atoms. The SMILES string of the molecule is CC(=O)Nc1ccc(-c2csc(NC(=O)Cc3c(C)nn(C)c3C)n2)c(F)c1. The fourth-order valence-corrected chi connectivity index (χ4v) is 3.58. The normalized spacial score (nSPS) is 10.8. The molecule has 0 atom stereocenters. The Morgan fingerprint density at radius 3 is 2.61 bits per heavy atom. The Morgan fingerprint density at radius 1 is 1.25 bits per heavy atom. The molecule has 0 fully saturated rings. The molecule has 0 aliphatic carbocycles. The molecule has 0 saturated heterocycles. The number of carbonyl (C=O) groups excluding carboxylic acids is 2. The van der Waals surface area contributed by atoms with Gasteiger partial charge in [0.2, 0.25) is 11.8 Å². The first-order chi connectivity index (χ1) is 13.2.